The highest BCUT2D eigenvalue weighted by Crippen LogP contribution is 2.25. The standard InChI is InChI=1S/C16H16N4O3S/c1-11-8-14(23-2)6-7-15(11)24(21,22)20-13-5-3-4-12(9-13)16-17-10-18-19-16/h3-10,20H,1-2H3,(H,17,18,19). The second-order valence-corrected chi connectivity index (χ2v) is 6.80. The van der Waals surface area contributed by atoms with Gasteiger partial charge in [-0.15, -0.1) is 0 Å². The van der Waals surface area contributed by atoms with E-state index in [9.17, 15) is 8.42 Å². The molecule has 0 unspecified atom stereocenters. The summed E-state index contributed by atoms with van der Waals surface area (Å²) in [5.74, 6) is 1.18. The first kappa shape index (κ1) is 16.0. The van der Waals surface area contributed by atoms with Gasteiger partial charge in [0.1, 0.15) is 12.1 Å². The fraction of sp³-hybridized carbons (Fsp3) is 0.125. The molecule has 0 fully saturated rings. The number of aryl methyl sites for hydroxylation is 1. The van der Waals surface area contributed by atoms with Crippen LogP contribution >= 0.6 is 0 Å². The molecule has 8 heteroatoms. The van der Waals surface area contributed by atoms with Crippen LogP contribution in [0.15, 0.2) is 53.7 Å². The van der Waals surface area contributed by atoms with Crippen LogP contribution in [0.3, 0.4) is 0 Å². The molecule has 2 aromatic carbocycles. The number of hydrogen-bond donors (Lipinski definition) is 2. The van der Waals surface area contributed by atoms with E-state index < -0.39 is 10.0 Å². The van der Waals surface area contributed by atoms with Gasteiger partial charge in [0.05, 0.1) is 12.0 Å². The molecule has 0 aliphatic heterocycles. The van der Waals surface area contributed by atoms with Gasteiger partial charge in [-0.2, -0.15) is 5.10 Å². The largest absolute Gasteiger partial charge is 0.497 e. The van der Waals surface area contributed by atoms with Crippen LogP contribution in [0.1, 0.15) is 5.56 Å². The lowest BCUT2D eigenvalue weighted by molar-refractivity contribution is 0.414. The van der Waals surface area contributed by atoms with Gasteiger partial charge in [-0.1, -0.05) is 12.1 Å². The number of nitrogens with one attached hydrogen (secondary N) is 2. The highest BCUT2D eigenvalue weighted by Gasteiger charge is 2.17. The number of hydrogen-bond acceptors (Lipinski definition) is 5. The molecule has 1 heterocycles. The molecule has 0 radical (unpaired) electrons. The molecule has 0 saturated carbocycles. The number of nitrogens with zero attached hydrogens (tertiary/aromatic N) is 2. The third-order valence-corrected chi connectivity index (χ3v) is 5.02. The van der Waals surface area contributed by atoms with Crippen molar-refractivity contribution in [1.29, 1.82) is 0 Å². The Morgan fingerprint density at radius 3 is 2.67 bits per heavy atom. The highest BCUT2D eigenvalue weighted by molar-refractivity contribution is 7.92. The first-order valence-electron chi connectivity index (χ1n) is 7.13. The summed E-state index contributed by atoms with van der Waals surface area (Å²) >= 11 is 0. The molecule has 3 aromatic rings. The molecule has 2 N–H and O–H groups in total. The van der Waals surface area contributed by atoms with Crippen molar-refractivity contribution < 1.29 is 13.2 Å². The summed E-state index contributed by atoms with van der Waals surface area (Å²) in [7, 11) is -2.17. The van der Waals surface area contributed by atoms with Crippen molar-refractivity contribution >= 4 is 15.7 Å². The van der Waals surface area contributed by atoms with E-state index in [2.05, 4.69) is 19.9 Å². The van der Waals surface area contributed by atoms with E-state index in [4.69, 9.17) is 4.74 Å². The van der Waals surface area contributed by atoms with Crippen molar-refractivity contribution in [3.05, 3.63) is 54.4 Å². The van der Waals surface area contributed by atoms with Crippen LogP contribution in [0.25, 0.3) is 11.4 Å². The third kappa shape index (κ3) is 3.23. The number of sulfonamides is 1. The molecule has 24 heavy (non-hydrogen) atoms. The normalized spacial score (nSPS) is 11.2. The Morgan fingerprint density at radius 1 is 1.17 bits per heavy atom. The van der Waals surface area contributed by atoms with Gasteiger partial charge in [0.15, 0.2) is 5.82 Å². The molecule has 0 amide bonds. The molecule has 1 aromatic heterocycles. The maximum absolute atomic E-state index is 12.6. The number of benzene rings is 2. The number of aromatic nitrogens is 3. The number of H-pyrrole nitrogens is 1. The van der Waals surface area contributed by atoms with E-state index in [1.54, 1.807) is 37.3 Å². The summed E-state index contributed by atoms with van der Waals surface area (Å²) in [5, 5.41) is 6.54. The fourth-order valence-electron chi connectivity index (χ4n) is 2.34. The van der Waals surface area contributed by atoms with Crippen LogP contribution in [-0.2, 0) is 10.0 Å². The summed E-state index contributed by atoms with van der Waals surface area (Å²) < 4.78 is 33.0. The molecule has 7 nitrogen and oxygen atoms in total. The maximum Gasteiger partial charge on any atom is 0.262 e. The Labute approximate surface area is 139 Å². The molecule has 0 bridgehead atoms. The maximum atomic E-state index is 12.6. The van der Waals surface area contributed by atoms with Crippen molar-refractivity contribution in [2.45, 2.75) is 11.8 Å². The quantitative estimate of drug-likeness (QED) is 0.741. The van der Waals surface area contributed by atoms with Crippen LogP contribution in [0.4, 0.5) is 5.69 Å². The van der Waals surface area contributed by atoms with Gasteiger partial charge in [-0.3, -0.25) is 9.82 Å². The first-order valence-corrected chi connectivity index (χ1v) is 8.61. The van der Waals surface area contributed by atoms with Crippen LogP contribution in [-0.4, -0.2) is 30.7 Å². The SMILES string of the molecule is COc1ccc(S(=O)(=O)Nc2cccc(-c3ncn[nH]3)c2)c(C)c1. The van der Waals surface area contributed by atoms with Gasteiger partial charge in [-0.25, -0.2) is 13.4 Å². The lowest BCUT2D eigenvalue weighted by Crippen LogP contribution is -2.14. The lowest BCUT2D eigenvalue weighted by atomic mass is 10.2. The smallest absolute Gasteiger partial charge is 0.262 e. The Bertz CT molecular complexity index is 953. The summed E-state index contributed by atoms with van der Waals surface area (Å²) in [5.41, 5.74) is 1.78. The topological polar surface area (TPSA) is 97.0 Å². The fourth-order valence-corrected chi connectivity index (χ4v) is 3.61. The van der Waals surface area contributed by atoms with E-state index in [-0.39, 0.29) is 4.90 Å². The van der Waals surface area contributed by atoms with E-state index in [0.717, 1.165) is 5.56 Å². The van der Waals surface area contributed by atoms with Gasteiger partial charge in [0, 0.05) is 11.3 Å². The summed E-state index contributed by atoms with van der Waals surface area (Å²) in [6.07, 6.45) is 1.40. The minimum absolute atomic E-state index is 0.202. The van der Waals surface area contributed by atoms with E-state index >= 15 is 0 Å². The van der Waals surface area contributed by atoms with E-state index in [0.29, 0.717) is 22.8 Å². The zero-order valence-corrected chi connectivity index (χ0v) is 14.0. The zero-order chi connectivity index (χ0) is 17.2. The number of anilines is 1. The predicted octanol–water partition coefficient (Wildman–Crippen LogP) is 2.59. The number of ether oxygens (including phenoxy) is 1. The third-order valence-electron chi connectivity index (χ3n) is 3.47. The summed E-state index contributed by atoms with van der Waals surface area (Å²) in [6, 6.07) is 11.8. The van der Waals surface area contributed by atoms with E-state index in [1.165, 1.54) is 19.5 Å². The van der Waals surface area contributed by atoms with Gasteiger partial charge < -0.3 is 4.74 Å². The highest BCUT2D eigenvalue weighted by atomic mass is 32.2. The Morgan fingerprint density at radius 2 is 2.00 bits per heavy atom. The molecular weight excluding hydrogens is 328 g/mol. The van der Waals surface area contributed by atoms with Gasteiger partial charge in [-0.05, 0) is 42.8 Å². The van der Waals surface area contributed by atoms with Crippen molar-refractivity contribution in [3.8, 4) is 17.1 Å². The van der Waals surface area contributed by atoms with Gasteiger partial charge >= 0.3 is 0 Å². The number of methoxy groups -OCH3 is 1. The Hall–Kier alpha value is -2.87. The van der Waals surface area contributed by atoms with Gasteiger partial charge in [0.25, 0.3) is 10.0 Å². The van der Waals surface area contributed by atoms with Crippen LogP contribution < -0.4 is 9.46 Å². The van der Waals surface area contributed by atoms with Gasteiger partial charge in [0.2, 0.25) is 0 Å². The van der Waals surface area contributed by atoms with Crippen molar-refractivity contribution in [1.82, 2.24) is 15.2 Å². The minimum atomic E-state index is -3.71. The van der Waals surface area contributed by atoms with Crippen LogP contribution in [0.2, 0.25) is 0 Å². The second kappa shape index (κ2) is 6.32. The Balaban J connectivity index is 1.91. The van der Waals surface area contributed by atoms with Crippen molar-refractivity contribution in [2.75, 3.05) is 11.8 Å². The first-order chi connectivity index (χ1) is 11.5. The molecule has 0 saturated heterocycles. The molecule has 0 spiro atoms. The minimum Gasteiger partial charge on any atom is -0.497 e. The molecule has 0 aliphatic carbocycles. The second-order valence-electron chi connectivity index (χ2n) is 5.15. The molecule has 0 aliphatic rings. The molecule has 3 rings (SSSR count). The molecular formula is C16H16N4O3S. The van der Waals surface area contributed by atoms with Crippen LogP contribution in [0, 0.1) is 6.92 Å². The predicted molar refractivity (Wildman–Crippen MR) is 90.4 cm³/mol. The molecule has 124 valence electrons. The summed E-state index contributed by atoms with van der Waals surface area (Å²) in [4.78, 5) is 4.26. The molecule has 0 atom stereocenters. The van der Waals surface area contributed by atoms with Crippen molar-refractivity contribution in [2.24, 2.45) is 0 Å². The van der Waals surface area contributed by atoms with E-state index in [1.807, 2.05) is 6.07 Å². The summed E-state index contributed by atoms with van der Waals surface area (Å²) in [6.45, 7) is 1.72. The van der Waals surface area contributed by atoms with Crippen molar-refractivity contribution in [3.63, 3.8) is 0 Å². The van der Waals surface area contributed by atoms with Crippen LogP contribution in [0.5, 0.6) is 5.75 Å². The average molecular weight is 344 g/mol. The monoisotopic (exact) mass is 344 g/mol. The zero-order valence-electron chi connectivity index (χ0n) is 13.1. The number of aromatic amines is 1. The number of rotatable bonds is 5. The lowest BCUT2D eigenvalue weighted by Gasteiger charge is -2.12. The Kier molecular flexibility index (Phi) is 4.22. The average Bonchev–Trinajstić information content (AvgIpc) is 3.08.